The highest BCUT2D eigenvalue weighted by Crippen LogP contribution is 2.19. The van der Waals surface area contributed by atoms with Crippen LogP contribution in [0.25, 0.3) is 0 Å². The van der Waals surface area contributed by atoms with Crippen molar-refractivity contribution in [3.8, 4) is 0 Å². The molecule has 0 spiro atoms. The number of carboxylic acids is 1. The van der Waals surface area contributed by atoms with Gasteiger partial charge in [0.25, 0.3) is 0 Å². The zero-order valence-electron chi connectivity index (χ0n) is 16.2. The van der Waals surface area contributed by atoms with Crippen LogP contribution in [0.5, 0.6) is 0 Å². The summed E-state index contributed by atoms with van der Waals surface area (Å²) in [6.45, 7) is 3.82. The topological polar surface area (TPSA) is 86.7 Å². The van der Waals surface area contributed by atoms with Crippen molar-refractivity contribution in [2.24, 2.45) is 0 Å². The summed E-state index contributed by atoms with van der Waals surface area (Å²) in [6, 6.07) is 12.4. The van der Waals surface area contributed by atoms with Crippen LogP contribution in [0.4, 0.5) is 5.69 Å². The number of hydrogen-bond donors (Lipinski definition) is 2. The third kappa shape index (κ3) is 6.13. The molecule has 0 heterocycles. The van der Waals surface area contributed by atoms with Crippen molar-refractivity contribution in [3.63, 3.8) is 0 Å². The number of nitrogens with one attached hydrogen (secondary N) is 1. The van der Waals surface area contributed by atoms with Crippen LogP contribution >= 0.6 is 11.8 Å². The quantitative estimate of drug-likeness (QED) is 0.710. The minimum absolute atomic E-state index is 0.0261. The van der Waals surface area contributed by atoms with E-state index in [1.165, 1.54) is 22.7 Å². The number of thioether (sulfide) groups is 1. The molecule has 0 aliphatic heterocycles. The van der Waals surface area contributed by atoms with Crippen molar-refractivity contribution >= 4 is 35.2 Å². The zero-order valence-corrected chi connectivity index (χ0v) is 17.0. The van der Waals surface area contributed by atoms with E-state index in [2.05, 4.69) is 5.32 Å². The lowest BCUT2D eigenvalue weighted by Gasteiger charge is -2.18. The summed E-state index contributed by atoms with van der Waals surface area (Å²) >= 11 is 1.38. The summed E-state index contributed by atoms with van der Waals surface area (Å²) in [5.74, 6) is -0.638. The average Bonchev–Trinajstić information content (AvgIpc) is 2.65. The molecular weight excluding hydrogens is 376 g/mol. The fraction of sp³-hybridized carbons (Fsp3) is 0.286. The Kier molecular flexibility index (Phi) is 7.63. The van der Waals surface area contributed by atoms with Gasteiger partial charge in [0.15, 0.2) is 0 Å². The predicted molar refractivity (Wildman–Crippen MR) is 112 cm³/mol. The van der Waals surface area contributed by atoms with E-state index < -0.39 is 5.97 Å². The number of aryl methyl sites for hydroxylation is 2. The van der Waals surface area contributed by atoms with Crippen LogP contribution in [-0.4, -0.2) is 47.1 Å². The summed E-state index contributed by atoms with van der Waals surface area (Å²) in [7, 11) is 1.60. The van der Waals surface area contributed by atoms with Gasteiger partial charge in [-0.2, -0.15) is 0 Å². The molecule has 2 N–H and O–H groups in total. The Bertz CT molecular complexity index is 862. The molecule has 28 heavy (non-hydrogen) atoms. The number of para-hydroxylation sites is 1. The molecule has 0 aromatic heterocycles. The second-order valence-electron chi connectivity index (χ2n) is 6.56. The van der Waals surface area contributed by atoms with Crippen molar-refractivity contribution < 1.29 is 19.5 Å². The number of carbonyl (C=O) groups is 3. The first kappa shape index (κ1) is 21.5. The summed E-state index contributed by atoms with van der Waals surface area (Å²) in [4.78, 5) is 36.9. The van der Waals surface area contributed by atoms with E-state index in [4.69, 9.17) is 5.11 Å². The lowest BCUT2D eigenvalue weighted by molar-refractivity contribution is -0.131. The molecule has 0 bridgehead atoms. The van der Waals surface area contributed by atoms with Crippen molar-refractivity contribution in [3.05, 3.63) is 64.7 Å². The van der Waals surface area contributed by atoms with Gasteiger partial charge in [-0.1, -0.05) is 30.3 Å². The number of nitrogens with zero attached hydrogens (tertiary/aromatic N) is 1. The summed E-state index contributed by atoms with van der Waals surface area (Å²) in [5.41, 5.74) is 3.79. The van der Waals surface area contributed by atoms with Gasteiger partial charge in [0.1, 0.15) is 0 Å². The van der Waals surface area contributed by atoms with Crippen LogP contribution in [0.2, 0.25) is 0 Å². The lowest BCUT2D eigenvalue weighted by atomic mass is 10.1. The van der Waals surface area contributed by atoms with Crippen LogP contribution in [0.15, 0.2) is 42.5 Å². The van der Waals surface area contributed by atoms with Gasteiger partial charge in [-0.3, -0.25) is 9.59 Å². The first-order chi connectivity index (χ1) is 13.3. The van der Waals surface area contributed by atoms with Crippen molar-refractivity contribution in [1.29, 1.82) is 0 Å². The molecule has 0 fully saturated rings. The van der Waals surface area contributed by atoms with E-state index in [-0.39, 0.29) is 29.7 Å². The molecule has 0 unspecified atom stereocenters. The molecule has 2 rings (SSSR count). The SMILES string of the molecule is Cc1cccc(C)c1NC(=O)CN(C)C(=O)CSCc1cccc(C(=O)O)c1. The Labute approximate surface area is 168 Å². The fourth-order valence-electron chi connectivity index (χ4n) is 2.65. The van der Waals surface area contributed by atoms with Gasteiger partial charge >= 0.3 is 5.97 Å². The van der Waals surface area contributed by atoms with E-state index in [0.717, 1.165) is 22.4 Å². The third-order valence-corrected chi connectivity index (χ3v) is 5.21. The van der Waals surface area contributed by atoms with Gasteiger partial charge in [-0.05, 0) is 42.7 Å². The molecule has 0 aliphatic rings. The van der Waals surface area contributed by atoms with E-state index in [0.29, 0.717) is 5.75 Å². The number of benzene rings is 2. The standard InChI is InChI=1S/C21H24N2O4S/c1-14-6-4-7-15(2)20(14)22-18(24)11-23(3)19(25)13-28-12-16-8-5-9-17(10-16)21(26)27/h4-10H,11-13H2,1-3H3,(H,22,24)(H,26,27). The van der Waals surface area contributed by atoms with Gasteiger partial charge in [0.2, 0.25) is 11.8 Å². The Hall–Kier alpha value is -2.80. The van der Waals surface area contributed by atoms with E-state index >= 15 is 0 Å². The van der Waals surface area contributed by atoms with Crippen LogP contribution in [0.3, 0.4) is 0 Å². The van der Waals surface area contributed by atoms with Crippen LogP contribution in [0, 0.1) is 13.8 Å². The molecule has 0 atom stereocenters. The van der Waals surface area contributed by atoms with Crippen LogP contribution in [0.1, 0.15) is 27.0 Å². The number of likely N-dealkylation sites (N-methyl/N-ethyl adjacent to an activating group) is 1. The van der Waals surface area contributed by atoms with Crippen LogP contribution in [-0.2, 0) is 15.3 Å². The average molecular weight is 401 g/mol. The Balaban J connectivity index is 1.81. The second kappa shape index (κ2) is 9.94. The minimum Gasteiger partial charge on any atom is -0.478 e. The maximum atomic E-state index is 12.3. The molecular formula is C21H24N2O4S. The number of carbonyl (C=O) groups excluding carboxylic acids is 2. The molecule has 0 radical (unpaired) electrons. The van der Waals surface area contributed by atoms with Crippen molar-refractivity contribution in [2.45, 2.75) is 19.6 Å². The first-order valence-electron chi connectivity index (χ1n) is 8.78. The molecule has 2 amide bonds. The van der Waals surface area contributed by atoms with Gasteiger partial charge < -0.3 is 15.3 Å². The predicted octanol–water partition coefficient (Wildman–Crippen LogP) is 3.33. The number of aromatic carboxylic acids is 1. The molecule has 2 aromatic rings. The fourth-order valence-corrected chi connectivity index (χ4v) is 3.57. The molecule has 0 saturated carbocycles. The Morgan fingerprint density at radius 2 is 1.71 bits per heavy atom. The monoisotopic (exact) mass is 400 g/mol. The lowest BCUT2D eigenvalue weighted by Crippen LogP contribution is -2.36. The second-order valence-corrected chi connectivity index (χ2v) is 7.55. The van der Waals surface area contributed by atoms with E-state index in [9.17, 15) is 14.4 Å². The molecule has 148 valence electrons. The largest absolute Gasteiger partial charge is 0.478 e. The van der Waals surface area contributed by atoms with Crippen LogP contribution < -0.4 is 5.32 Å². The normalized spacial score (nSPS) is 10.4. The zero-order chi connectivity index (χ0) is 20.7. The summed E-state index contributed by atoms with van der Waals surface area (Å²) < 4.78 is 0. The van der Waals surface area contributed by atoms with Gasteiger partial charge in [0, 0.05) is 18.5 Å². The molecule has 2 aromatic carbocycles. The summed E-state index contributed by atoms with van der Waals surface area (Å²) in [5, 5.41) is 11.9. The minimum atomic E-state index is -0.974. The smallest absolute Gasteiger partial charge is 0.335 e. The molecule has 6 nitrogen and oxygen atoms in total. The Morgan fingerprint density at radius 1 is 1.07 bits per heavy atom. The molecule has 0 saturated heterocycles. The van der Waals surface area contributed by atoms with Gasteiger partial charge in [0.05, 0.1) is 17.9 Å². The third-order valence-electron chi connectivity index (χ3n) is 4.22. The van der Waals surface area contributed by atoms with Crippen molar-refractivity contribution in [1.82, 2.24) is 4.90 Å². The summed E-state index contributed by atoms with van der Waals surface area (Å²) in [6.07, 6.45) is 0. The van der Waals surface area contributed by atoms with Gasteiger partial charge in [-0.15, -0.1) is 11.8 Å². The van der Waals surface area contributed by atoms with E-state index in [1.807, 2.05) is 38.1 Å². The molecule has 7 heteroatoms. The number of rotatable bonds is 8. The number of carboxylic acid groups (broad SMARTS) is 1. The van der Waals surface area contributed by atoms with E-state index in [1.54, 1.807) is 19.2 Å². The van der Waals surface area contributed by atoms with Gasteiger partial charge in [-0.25, -0.2) is 4.79 Å². The molecule has 0 aliphatic carbocycles. The number of hydrogen-bond acceptors (Lipinski definition) is 4. The van der Waals surface area contributed by atoms with Crippen molar-refractivity contribution in [2.75, 3.05) is 24.7 Å². The number of anilines is 1. The number of amides is 2. The maximum absolute atomic E-state index is 12.3. The Morgan fingerprint density at radius 3 is 2.36 bits per heavy atom. The highest BCUT2D eigenvalue weighted by molar-refractivity contribution is 7.99. The first-order valence-corrected chi connectivity index (χ1v) is 9.93. The maximum Gasteiger partial charge on any atom is 0.335 e. The highest BCUT2D eigenvalue weighted by Gasteiger charge is 2.14. The highest BCUT2D eigenvalue weighted by atomic mass is 32.2.